The number of carbonyl (C=O) groups is 2. The van der Waals surface area contributed by atoms with Crippen LogP contribution < -0.4 is 10.2 Å². The molecule has 1 aromatic heterocycles. The van der Waals surface area contributed by atoms with E-state index in [-0.39, 0.29) is 11.8 Å². The largest absolute Gasteiger partial charge is 0.351 e. The fourth-order valence-electron chi connectivity index (χ4n) is 4.58. The smallest absolute Gasteiger partial charge is 0.251 e. The number of benzene rings is 2. The molecule has 1 aliphatic heterocycles. The van der Waals surface area contributed by atoms with E-state index < -0.39 is 0 Å². The van der Waals surface area contributed by atoms with Gasteiger partial charge in [0.15, 0.2) is 0 Å². The normalized spacial score (nSPS) is 13.7. The van der Waals surface area contributed by atoms with Gasteiger partial charge in [-0.25, -0.2) is 0 Å². The molecule has 0 unspecified atom stereocenters. The molecule has 4 rings (SSSR count). The Morgan fingerprint density at radius 2 is 1.86 bits per heavy atom. The lowest BCUT2D eigenvalue weighted by atomic mass is 10.0. The molecule has 5 nitrogen and oxygen atoms in total. The summed E-state index contributed by atoms with van der Waals surface area (Å²) >= 11 is 1.78. The Bertz CT molecular complexity index is 1140. The molecule has 0 saturated carbocycles. The predicted molar refractivity (Wildman–Crippen MR) is 145 cm³/mol. The highest BCUT2D eigenvalue weighted by Crippen LogP contribution is 2.32. The number of nitrogens with one attached hydrogen (secondary N) is 1. The standard InChI is InChI=1S/C29H35N3O2S/c1-4-21(3)31(20-26-7-6-18-35-26)17-15-30-29(34)23-10-8-22(9-11-23)24-12-13-27-25(19-24)14-16-32(27)28(33)5-2/h6-13,18-19,21H,4-5,14-17,20H2,1-3H3,(H,30,34)/t21-/m0/s1. The van der Waals surface area contributed by atoms with Gasteiger partial charge in [-0.2, -0.15) is 0 Å². The summed E-state index contributed by atoms with van der Waals surface area (Å²) in [6.07, 6.45) is 2.49. The van der Waals surface area contributed by atoms with Crippen molar-refractivity contribution in [2.24, 2.45) is 0 Å². The molecule has 6 heteroatoms. The van der Waals surface area contributed by atoms with Crippen LogP contribution in [0.1, 0.15) is 54.4 Å². The predicted octanol–water partition coefficient (Wildman–Crippen LogP) is 5.74. The van der Waals surface area contributed by atoms with Crippen LogP contribution in [0.15, 0.2) is 60.0 Å². The second-order valence-electron chi connectivity index (χ2n) is 9.13. The molecule has 1 aliphatic rings. The lowest BCUT2D eigenvalue weighted by molar-refractivity contribution is -0.118. The van der Waals surface area contributed by atoms with Crippen LogP contribution in [0.4, 0.5) is 5.69 Å². The third-order valence-corrected chi connectivity index (χ3v) is 7.76. The second-order valence-corrected chi connectivity index (χ2v) is 10.2. The first-order chi connectivity index (χ1) is 17.0. The van der Waals surface area contributed by atoms with E-state index in [0.29, 0.717) is 24.6 Å². The van der Waals surface area contributed by atoms with E-state index in [1.54, 1.807) is 11.3 Å². The van der Waals surface area contributed by atoms with Gasteiger partial charge in [0.2, 0.25) is 5.91 Å². The average molecular weight is 490 g/mol. The van der Waals surface area contributed by atoms with Gasteiger partial charge in [0.25, 0.3) is 5.91 Å². The minimum Gasteiger partial charge on any atom is -0.351 e. The van der Waals surface area contributed by atoms with Gasteiger partial charge in [0.1, 0.15) is 0 Å². The summed E-state index contributed by atoms with van der Waals surface area (Å²) in [5, 5.41) is 5.20. The SMILES string of the molecule is CCC(=O)N1CCc2cc(-c3ccc(C(=O)NCCN(Cc4cccs4)[C@@H](C)CC)cc3)ccc21. The first-order valence-corrected chi connectivity index (χ1v) is 13.5. The first kappa shape index (κ1) is 25.1. The van der Waals surface area contributed by atoms with Crippen molar-refractivity contribution < 1.29 is 9.59 Å². The van der Waals surface area contributed by atoms with Crippen LogP contribution in [0.2, 0.25) is 0 Å². The Balaban J connectivity index is 1.35. The highest BCUT2D eigenvalue weighted by Gasteiger charge is 2.23. The van der Waals surface area contributed by atoms with E-state index in [1.165, 1.54) is 10.4 Å². The first-order valence-electron chi connectivity index (χ1n) is 12.6. The number of fused-ring (bicyclic) bond motifs is 1. The van der Waals surface area contributed by atoms with Gasteiger partial charge < -0.3 is 10.2 Å². The van der Waals surface area contributed by atoms with Gasteiger partial charge in [-0.1, -0.05) is 38.1 Å². The Kier molecular flexibility index (Phi) is 8.37. The van der Waals surface area contributed by atoms with Crippen molar-refractivity contribution in [3.63, 3.8) is 0 Å². The van der Waals surface area contributed by atoms with Crippen molar-refractivity contribution in [2.75, 3.05) is 24.5 Å². The molecule has 1 N–H and O–H groups in total. The summed E-state index contributed by atoms with van der Waals surface area (Å²) in [6, 6.07) is 18.8. The van der Waals surface area contributed by atoms with Crippen LogP contribution in [0.25, 0.3) is 11.1 Å². The molecule has 1 atom stereocenters. The molecule has 0 fully saturated rings. The van der Waals surface area contributed by atoms with Gasteiger partial charge in [-0.15, -0.1) is 11.3 Å². The fourth-order valence-corrected chi connectivity index (χ4v) is 5.31. The number of thiophene rings is 1. The number of hydrogen-bond donors (Lipinski definition) is 1. The molecule has 2 amide bonds. The van der Waals surface area contributed by atoms with E-state index in [9.17, 15) is 9.59 Å². The zero-order valence-corrected chi connectivity index (χ0v) is 21.7. The minimum absolute atomic E-state index is 0.0422. The molecule has 2 heterocycles. The van der Waals surface area contributed by atoms with Crippen LogP contribution in [-0.4, -0.2) is 42.4 Å². The maximum absolute atomic E-state index is 12.7. The van der Waals surface area contributed by atoms with Crippen molar-refractivity contribution >= 4 is 28.8 Å². The van der Waals surface area contributed by atoms with Gasteiger partial charge in [0.05, 0.1) is 0 Å². The van der Waals surface area contributed by atoms with E-state index >= 15 is 0 Å². The van der Waals surface area contributed by atoms with Crippen molar-refractivity contribution in [1.29, 1.82) is 0 Å². The van der Waals surface area contributed by atoms with E-state index in [2.05, 4.69) is 53.7 Å². The van der Waals surface area contributed by atoms with E-state index in [4.69, 9.17) is 0 Å². The number of hydrogen-bond acceptors (Lipinski definition) is 4. The maximum Gasteiger partial charge on any atom is 0.251 e. The number of carbonyl (C=O) groups excluding carboxylic acids is 2. The van der Waals surface area contributed by atoms with Crippen LogP contribution in [0, 0.1) is 0 Å². The lowest BCUT2D eigenvalue weighted by Gasteiger charge is -2.28. The summed E-state index contributed by atoms with van der Waals surface area (Å²) in [5.74, 6) is 0.130. The molecule has 184 valence electrons. The zero-order chi connectivity index (χ0) is 24.8. The number of amides is 2. The van der Waals surface area contributed by atoms with Gasteiger partial charge in [0, 0.05) is 54.8 Å². The molecule has 0 aliphatic carbocycles. The molecular formula is C29H35N3O2S. The minimum atomic E-state index is -0.0422. The van der Waals surface area contributed by atoms with Crippen molar-refractivity contribution in [3.05, 3.63) is 76.0 Å². The number of anilines is 1. The van der Waals surface area contributed by atoms with Gasteiger partial charge in [-0.3, -0.25) is 14.5 Å². The van der Waals surface area contributed by atoms with Gasteiger partial charge in [-0.05, 0) is 72.2 Å². The fraction of sp³-hybridized carbons (Fsp3) is 0.379. The van der Waals surface area contributed by atoms with Crippen molar-refractivity contribution in [3.8, 4) is 11.1 Å². The quantitative estimate of drug-likeness (QED) is 0.395. The summed E-state index contributed by atoms with van der Waals surface area (Å²) < 4.78 is 0. The Labute approximate surface area is 212 Å². The molecule has 0 radical (unpaired) electrons. The molecule has 3 aromatic rings. The third-order valence-electron chi connectivity index (χ3n) is 6.90. The second kappa shape index (κ2) is 11.6. The third kappa shape index (κ3) is 6.00. The molecule has 0 spiro atoms. The summed E-state index contributed by atoms with van der Waals surface area (Å²) in [5.41, 5.74) is 5.09. The number of rotatable bonds is 10. The summed E-state index contributed by atoms with van der Waals surface area (Å²) in [7, 11) is 0. The van der Waals surface area contributed by atoms with E-state index in [0.717, 1.165) is 49.3 Å². The molecule has 2 aromatic carbocycles. The monoisotopic (exact) mass is 489 g/mol. The zero-order valence-electron chi connectivity index (χ0n) is 20.9. The highest BCUT2D eigenvalue weighted by molar-refractivity contribution is 7.09. The molecule has 0 bridgehead atoms. The summed E-state index contributed by atoms with van der Waals surface area (Å²) in [6.45, 7) is 9.46. The summed E-state index contributed by atoms with van der Waals surface area (Å²) in [4.78, 5) is 30.6. The molecular weight excluding hydrogens is 454 g/mol. The van der Waals surface area contributed by atoms with Crippen LogP contribution in [0.5, 0.6) is 0 Å². The van der Waals surface area contributed by atoms with E-state index in [1.807, 2.05) is 42.2 Å². The molecule has 35 heavy (non-hydrogen) atoms. The Morgan fingerprint density at radius 3 is 2.54 bits per heavy atom. The topological polar surface area (TPSA) is 52.7 Å². The van der Waals surface area contributed by atoms with Crippen molar-refractivity contribution in [2.45, 2.75) is 52.6 Å². The Morgan fingerprint density at radius 1 is 1.09 bits per heavy atom. The van der Waals surface area contributed by atoms with Crippen molar-refractivity contribution in [1.82, 2.24) is 10.2 Å². The van der Waals surface area contributed by atoms with Gasteiger partial charge >= 0.3 is 0 Å². The lowest BCUT2D eigenvalue weighted by Crippen LogP contribution is -2.39. The van der Waals surface area contributed by atoms with Crippen LogP contribution in [-0.2, 0) is 17.8 Å². The molecule has 0 saturated heterocycles. The Hall–Kier alpha value is -2.96. The highest BCUT2D eigenvalue weighted by atomic mass is 32.1. The average Bonchev–Trinajstić information content (AvgIpc) is 3.56. The number of nitrogens with zero attached hydrogens (tertiary/aromatic N) is 2. The maximum atomic E-state index is 12.7. The van der Waals surface area contributed by atoms with Crippen LogP contribution >= 0.6 is 11.3 Å². The van der Waals surface area contributed by atoms with Crippen LogP contribution in [0.3, 0.4) is 0 Å².